The van der Waals surface area contributed by atoms with Crippen LogP contribution < -0.4 is 5.32 Å². The van der Waals surface area contributed by atoms with E-state index >= 15 is 0 Å². The van der Waals surface area contributed by atoms with Gasteiger partial charge < -0.3 is 10.4 Å². The number of fused-ring (bicyclic) bond motifs is 1. The van der Waals surface area contributed by atoms with E-state index in [4.69, 9.17) is 5.11 Å². The van der Waals surface area contributed by atoms with Gasteiger partial charge in [0.1, 0.15) is 11.0 Å². The van der Waals surface area contributed by atoms with Crippen LogP contribution in [-0.4, -0.2) is 28.6 Å². The zero-order valence-electron chi connectivity index (χ0n) is 7.47. The zero-order valence-corrected chi connectivity index (χ0v) is 7.47. The van der Waals surface area contributed by atoms with Gasteiger partial charge in [0.25, 0.3) is 0 Å². The van der Waals surface area contributed by atoms with Crippen LogP contribution in [0.1, 0.15) is 0 Å². The van der Waals surface area contributed by atoms with Crippen molar-refractivity contribution < 1.29 is 14.5 Å². The molecule has 0 aliphatic carbocycles. The van der Waals surface area contributed by atoms with Crippen molar-refractivity contribution in [3.05, 3.63) is 24.3 Å². The first kappa shape index (κ1) is 9.97. The molecule has 0 radical (unpaired) electrons. The van der Waals surface area contributed by atoms with E-state index in [9.17, 15) is 4.79 Å². The maximum Gasteiger partial charge on any atom is 0.404 e. The Kier molecular flexibility index (Phi) is 3.42. The fourth-order valence-electron chi connectivity index (χ4n) is 0.727. The molecule has 1 heterocycles. The lowest BCUT2D eigenvalue weighted by Gasteiger charge is -1.78. The van der Waals surface area contributed by atoms with Crippen LogP contribution in [0.5, 0.6) is 0 Å². The number of nitrogens with one attached hydrogen (secondary N) is 1. The molecule has 2 N–H and O–H groups in total. The van der Waals surface area contributed by atoms with Gasteiger partial charge in [-0.3, -0.25) is 0 Å². The summed E-state index contributed by atoms with van der Waals surface area (Å²) in [7, 11) is 1.35. The Hall–Kier alpha value is -2.11. The molecule has 0 saturated carbocycles. The molecule has 0 unspecified atom stereocenters. The van der Waals surface area contributed by atoms with E-state index in [1.54, 1.807) is 0 Å². The Balaban J connectivity index is 0.000000171. The largest absolute Gasteiger partial charge is 0.465 e. The third-order valence-corrected chi connectivity index (χ3v) is 1.37. The summed E-state index contributed by atoms with van der Waals surface area (Å²) in [6.07, 6.45) is -0.995. The average Bonchev–Trinajstić information content (AvgIpc) is 2.66. The number of rotatable bonds is 0. The molecule has 0 aliphatic rings. The quantitative estimate of drug-likeness (QED) is 0.657. The van der Waals surface area contributed by atoms with Gasteiger partial charge in [-0.1, -0.05) is 12.1 Å². The summed E-state index contributed by atoms with van der Waals surface area (Å²) in [5.41, 5.74) is 1.61. The van der Waals surface area contributed by atoms with Gasteiger partial charge in [0.15, 0.2) is 0 Å². The molecule has 6 nitrogen and oxygen atoms in total. The Morgan fingerprint density at radius 2 is 1.79 bits per heavy atom. The van der Waals surface area contributed by atoms with E-state index in [2.05, 4.69) is 14.9 Å². The van der Waals surface area contributed by atoms with Crippen LogP contribution in [0.3, 0.4) is 0 Å². The summed E-state index contributed by atoms with van der Waals surface area (Å²) in [6, 6.07) is 7.50. The average molecular weight is 195 g/mol. The summed E-state index contributed by atoms with van der Waals surface area (Å²) in [5, 5.41) is 16.8. The molecule has 1 amide bonds. The molecular formula is C8H9N3O3. The normalized spacial score (nSPS) is 8.93. The van der Waals surface area contributed by atoms with Crippen LogP contribution in [0.15, 0.2) is 28.9 Å². The number of aromatic nitrogens is 2. The number of amides is 1. The van der Waals surface area contributed by atoms with Crippen molar-refractivity contribution in [1.29, 1.82) is 0 Å². The number of hydrogen-bond donors (Lipinski definition) is 2. The van der Waals surface area contributed by atoms with Gasteiger partial charge in [0.2, 0.25) is 0 Å². The van der Waals surface area contributed by atoms with Gasteiger partial charge in [-0.25, -0.2) is 9.42 Å². The third kappa shape index (κ3) is 2.74. The van der Waals surface area contributed by atoms with Crippen LogP contribution in [0, 0.1) is 0 Å². The lowest BCUT2D eigenvalue weighted by Crippen LogP contribution is -2.13. The van der Waals surface area contributed by atoms with Gasteiger partial charge in [-0.05, 0) is 22.4 Å². The highest BCUT2D eigenvalue weighted by atomic mass is 16.6. The van der Waals surface area contributed by atoms with Crippen LogP contribution in [-0.2, 0) is 0 Å². The smallest absolute Gasteiger partial charge is 0.404 e. The van der Waals surface area contributed by atoms with Gasteiger partial charge in [-0.2, -0.15) is 0 Å². The van der Waals surface area contributed by atoms with E-state index in [0.29, 0.717) is 0 Å². The second-order valence-corrected chi connectivity index (χ2v) is 2.31. The number of nitrogens with zero attached hydrogens (tertiary/aromatic N) is 2. The van der Waals surface area contributed by atoms with Crippen molar-refractivity contribution in [2.45, 2.75) is 0 Å². The predicted molar refractivity (Wildman–Crippen MR) is 48.9 cm³/mol. The van der Waals surface area contributed by atoms with Gasteiger partial charge >= 0.3 is 6.09 Å². The summed E-state index contributed by atoms with van der Waals surface area (Å²) >= 11 is 0. The molecule has 0 atom stereocenters. The first-order valence-electron chi connectivity index (χ1n) is 3.82. The number of benzene rings is 1. The molecule has 0 spiro atoms. The van der Waals surface area contributed by atoms with Crippen molar-refractivity contribution in [3.8, 4) is 0 Å². The lowest BCUT2D eigenvalue weighted by molar-refractivity contribution is 0.197. The Morgan fingerprint density at radius 3 is 2.14 bits per heavy atom. The lowest BCUT2D eigenvalue weighted by atomic mass is 10.3. The van der Waals surface area contributed by atoms with E-state index in [1.165, 1.54) is 7.05 Å². The molecule has 1 aromatic carbocycles. The van der Waals surface area contributed by atoms with Crippen LogP contribution in [0.2, 0.25) is 0 Å². The van der Waals surface area contributed by atoms with Crippen LogP contribution >= 0.6 is 0 Å². The predicted octanol–water partition coefficient (Wildman–Crippen LogP) is 1.11. The number of hydrogen-bond acceptors (Lipinski definition) is 4. The first-order chi connectivity index (χ1) is 6.74. The monoisotopic (exact) mass is 195 g/mol. The number of carbonyl (C=O) groups is 1. The van der Waals surface area contributed by atoms with Crippen LogP contribution in [0.4, 0.5) is 4.79 Å². The highest BCUT2D eigenvalue weighted by molar-refractivity contribution is 5.72. The summed E-state index contributed by atoms with van der Waals surface area (Å²) in [6.45, 7) is 0. The Bertz CT molecular complexity index is 383. The van der Waals surface area contributed by atoms with E-state index in [0.717, 1.165) is 11.0 Å². The molecule has 2 rings (SSSR count). The molecule has 0 saturated heterocycles. The Labute approximate surface area is 79.5 Å². The zero-order chi connectivity index (χ0) is 10.4. The molecule has 1 aromatic heterocycles. The fourth-order valence-corrected chi connectivity index (χ4v) is 0.727. The minimum absolute atomic E-state index is 0.803. The second-order valence-electron chi connectivity index (χ2n) is 2.31. The fraction of sp³-hybridized carbons (Fsp3) is 0.125. The molecule has 2 aromatic rings. The van der Waals surface area contributed by atoms with Crippen molar-refractivity contribution in [1.82, 2.24) is 15.6 Å². The Morgan fingerprint density at radius 1 is 1.36 bits per heavy atom. The molecule has 6 heteroatoms. The molecular weight excluding hydrogens is 186 g/mol. The summed E-state index contributed by atoms with van der Waals surface area (Å²) < 4.78 is 4.46. The van der Waals surface area contributed by atoms with Gasteiger partial charge in [-0.15, -0.1) is 0 Å². The minimum Gasteiger partial charge on any atom is -0.465 e. The van der Waals surface area contributed by atoms with Gasteiger partial charge in [0, 0.05) is 7.05 Å². The SMILES string of the molecule is CNC(=O)O.c1ccc2nonc2c1. The third-order valence-electron chi connectivity index (χ3n) is 1.37. The molecule has 0 aliphatic heterocycles. The maximum absolute atomic E-state index is 9.26. The van der Waals surface area contributed by atoms with Gasteiger partial charge in [0.05, 0.1) is 0 Å². The van der Waals surface area contributed by atoms with Crippen molar-refractivity contribution in [2.75, 3.05) is 7.05 Å². The highest BCUT2D eigenvalue weighted by Gasteiger charge is 1.93. The first-order valence-corrected chi connectivity index (χ1v) is 3.82. The molecule has 74 valence electrons. The number of carboxylic acid groups (broad SMARTS) is 1. The molecule has 0 fully saturated rings. The van der Waals surface area contributed by atoms with Crippen molar-refractivity contribution in [3.63, 3.8) is 0 Å². The second kappa shape index (κ2) is 4.80. The van der Waals surface area contributed by atoms with E-state index < -0.39 is 6.09 Å². The van der Waals surface area contributed by atoms with Crippen molar-refractivity contribution >= 4 is 17.1 Å². The molecule has 14 heavy (non-hydrogen) atoms. The van der Waals surface area contributed by atoms with Crippen molar-refractivity contribution in [2.24, 2.45) is 0 Å². The molecule has 0 bridgehead atoms. The van der Waals surface area contributed by atoms with Crippen LogP contribution in [0.25, 0.3) is 11.0 Å². The maximum atomic E-state index is 9.26. The minimum atomic E-state index is -0.995. The topological polar surface area (TPSA) is 88.2 Å². The highest BCUT2D eigenvalue weighted by Crippen LogP contribution is 2.05. The van der Waals surface area contributed by atoms with E-state index in [-0.39, 0.29) is 0 Å². The van der Waals surface area contributed by atoms with E-state index in [1.807, 2.05) is 29.6 Å². The summed E-state index contributed by atoms with van der Waals surface area (Å²) in [5.74, 6) is 0. The standard InChI is InChI=1S/C6H4N2O.C2H5NO2/c1-2-4-6-5(3-1)7-9-8-6;1-3-2(4)5/h1-4H;3H,1H3,(H,4,5). The summed E-state index contributed by atoms with van der Waals surface area (Å²) in [4.78, 5) is 9.26.